The van der Waals surface area contributed by atoms with Gasteiger partial charge in [-0.05, 0) is 10.4 Å². The van der Waals surface area contributed by atoms with Gasteiger partial charge in [0.25, 0.3) is 0 Å². The first-order valence-electron chi connectivity index (χ1n) is 4.43. The summed E-state index contributed by atoms with van der Waals surface area (Å²) in [6, 6.07) is 9.78. The summed E-state index contributed by atoms with van der Waals surface area (Å²) in [5.41, 5.74) is 1.80. The molecule has 1 aromatic carbocycles. The second-order valence-electron chi connectivity index (χ2n) is 3.19. The Hall–Kier alpha value is -1.84. The maximum Gasteiger partial charge on any atom is 0.216 e. The summed E-state index contributed by atoms with van der Waals surface area (Å²) in [5, 5.41) is 15.3. The van der Waals surface area contributed by atoms with E-state index in [1.54, 1.807) is 6.92 Å². The van der Waals surface area contributed by atoms with Crippen molar-refractivity contribution in [3.05, 3.63) is 53.0 Å². The third-order valence-corrected chi connectivity index (χ3v) is 1.96. The Morgan fingerprint density at radius 2 is 2.07 bits per heavy atom. The number of hydrogen-bond donors (Lipinski definition) is 0. The van der Waals surface area contributed by atoms with Crippen LogP contribution in [0.2, 0.25) is 0 Å². The third kappa shape index (κ3) is 1.74. The van der Waals surface area contributed by atoms with E-state index in [0.29, 0.717) is 6.54 Å². The van der Waals surface area contributed by atoms with Gasteiger partial charge >= 0.3 is 0 Å². The molecule has 0 radical (unpaired) electrons. The average molecular weight is 189 g/mol. The van der Waals surface area contributed by atoms with Crippen LogP contribution in [0.4, 0.5) is 0 Å². The zero-order chi connectivity index (χ0) is 9.97. The van der Waals surface area contributed by atoms with E-state index in [4.69, 9.17) is 0 Å². The predicted octanol–water partition coefficient (Wildman–Crippen LogP) is 0.873. The first-order valence-corrected chi connectivity index (χ1v) is 4.43. The highest BCUT2D eigenvalue weighted by atomic mass is 16.5. The fourth-order valence-electron chi connectivity index (χ4n) is 1.33. The molecule has 0 bridgehead atoms. The van der Waals surface area contributed by atoms with Gasteiger partial charge in [0.05, 0.1) is 0 Å². The Morgan fingerprint density at radius 3 is 2.64 bits per heavy atom. The van der Waals surface area contributed by atoms with Crippen LogP contribution in [0.5, 0.6) is 0 Å². The molecular formula is C10H11N3O. The molecule has 14 heavy (non-hydrogen) atoms. The summed E-state index contributed by atoms with van der Waals surface area (Å²) in [6.45, 7) is 2.31. The lowest BCUT2D eigenvalue weighted by molar-refractivity contribution is -0.698. The lowest BCUT2D eigenvalue weighted by atomic mass is 10.2. The van der Waals surface area contributed by atoms with E-state index in [9.17, 15) is 5.21 Å². The van der Waals surface area contributed by atoms with Crippen molar-refractivity contribution in [2.45, 2.75) is 13.5 Å². The Morgan fingerprint density at radius 1 is 1.36 bits per heavy atom. The summed E-state index contributed by atoms with van der Waals surface area (Å²) < 4.78 is 0. The van der Waals surface area contributed by atoms with Gasteiger partial charge in [-0.1, -0.05) is 30.3 Å². The minimum Gasteiger partial charge on any atom is -0.693 e. The first kappa shape index (κ1) is 8.74. The second kappa shape index (κ2) is 3.49. The van der Waals surface area contributed by atoms with Crippen LogP contribution in [-0.2, 0) is 6.54 Å². The van der Waals surface area contributed by atoms with Gasteiger partial charge < -0.3 is 5.21 Å². The number of hydrogen-bond acceptors (Lipinski definition) is 2. The average Bonchev–Trinajstić information content (AvgIpc) is 2.47. The van der Waals surface area contributed by atoms with Gasteiger partial charge in [0.15, 0.2) is 6.20 Å². The molecule has 0 unspecified atom stereocenters. The van der Waals surface area contributed by atoms with Crippen LogP contribution >= 0.6 is 0 Å². The second-order valence-corrected chi connectivity index (χ2v) is 3.19. The zero-order valence-electron chi connectivity index (χ0n) is 7.92. The first-order chi connectivity index (χ1) is 6.75. The molecule has 0 aliphatic rings. The molecule has 0 spiro atoms. The molecule has 0 atom stereocenters. The SMILES string of the molecule is Cc1c[n+]([O-])n(Cc2ccccc2)n1. The van der Waals surface area contributed by atoms with Crippen molar-refractivity contribution in [1.82, 2.24) is 9.90 Å². The van der Waals surface area contributed by atoms with Crippen molar-refractivity contribution in [3.8, 4) is 0 Å². The fraction of sp³-hybridized carbons (Fsp3) is 0.200. The van der Waals surface area contributed by atoms with Crippen molar-refractivity contribution in [1.29, 1.82) is 0 Å². The van der Waals surface area contributed by atoms with E-state index in [0.717, 1.165) is 16.1 Å². The topological polar surface area (TPSA) is 44.8 Å². The van der Waals surface area contributed by atoms with Gasteiger partial charge in [0.2, 0.25) is 5.69 Å². The molecule has 0 saturated carbocycles. The van der Waals surface area contributed by atoms with Gasteiger partial charge in [0.1, 0.15) is 6.54 Å². The predicted molar refractivity (Wildman–Crippen MR) is 51.5 cm³/mol. The van der Waals surface area contributed by atoms with Crippen LogP contribution in [0.1, 0.15) is 11.3 Å². The molecule has 4 heteroatoms. The van der Waals surface area contributed by atoms with E-state index in [-0.39, 0.29) is 0 Å². The Kier molecular flexibility index (Phi) is 2.18. The highest BCUT2D eigenvalue weighted by molar-refractivity contribution is 5.14. The van der Waals surface area contributed by atoms with Crippen LogP contribution in [-0.4, -0.2) is 9.90 Å². The molecule has 0 fully saturated rings. The Balaban J connectivity index is 2.23. The molecule has 4 nitrogen and oxygen atoms in total. The summed E-state index contributed by atoms with van der Waals surface area (Å²) in [4.78, 5) is 2.15. The third-order valence-electron chi connectivity index (χ3n) is 1.96. The molecule has 72 valence electrons. The highest BCUT2D eigenvalue weighted by Gasteiger charge is 2.07. The summed E-state index contributed by atoms with van der Waals surface area (Å²) in [7, 11) is 0. The summed E-state index contributed by atoms with van der Waals surface area (Å²) in [5.74, 6) is 0. The maximum atomic E-state index is 11.3. The van der Waals surface area contributed by atoms with E-state index >= 15 is 0 Å². The van der Waals surface area contributed by atoms with Crippen LogP contribution < -0.4 is 4.85 Å². The van der Waals surface area contributed by atoms with E-state index < -0.39 is 0 Å². The quantitative estimate of drug-likeness (QED) is 0.520. The molecule has 2 aromatic rings. The van der Waals surface area contributed by atoms with Crippen LogP contribution in [0.15, 0.2) is 36.5 Å². The molecule has 0 aliphatic carbocycles. The van der Waals surface area contributed by atoms with Gasteiger partial charge in [-0.3, -0.25) is 0 Å². The molecule has 1 heterocycles. The Labute approximate surface area is 82.0 Å². The molecule has 0 amide bonds. The van der Waals surface area contributed by atoms with Crippen LogP contribution in [0.25, 0.3) is 0 Å². The van der Waals surface area contributed by atoms with Gasteiger partial charge in [-0.2, -0.15) is 4.85 Å². The van der Waals surface area contributed by atoms with Gasteiger partial charge in [-0.25, -0.2) is 0 Å². The molecular weight excluding hydrogens is 178 g/mol. The molecule has 1 aromatic heterocycles. The number of aromatic nitrogens is 3. The molecule has 0 saturated heterocycles. The van der Waals surface area contributed by atoms with Gasteiger partial charge in [-0.15, -0.1) is 0 Å². The largest absolute Gasteiger partial charge is 0.693 e. The van der Waals surface area contributed by atoms with E-state index in [2.05, 4.69) is 5.10 Å². The maximum absolute atomic E-state index is 11.3. The van der Waals surface area contributed by atoms with E-state index in [1.807, 2.05) is 30.3 Å². The van der Waals surface area contributed by atoms with Crippen LogP contribution in [0, 0.1) is 12.1 Å². The smallest absolute Gasteiger partial charge is 0.216 e. The number of benzene rings is 1. The normalized spacial score (nSPS) is 10.4. The molecule has 2 rings (SSSR count). The minimum atomic E-state index is 0.512. The van der Waals surface area contributed by atoms with Crippen LogP contribution in [0.3, 0.4) is 0 Å². The van der Waals surface area contributed by atoms with Crippen molar-refractivity contribution in [2.24, 2.45) is 0 Å². The fourth-order valence-corrected chi connectivity index (χ4v) is 1.33. The standard InChI is InChI=1S/C10H11N3O/c1-9-7-13(14)12(11-9)8-10-5-3-2-4-6-10/h2-7H,8H2,1H3. The van der Waals surface area contributed by atoms with Crippen molar-refractivity contribution in [3.63, 3.8) is 0 Å². The lowest BCUT2D eigenvalue weighted by Gasteiger charge is -2.02. The summed E-state index contributed by atoms with van der Waals surface area (Å²) >= 11 is 0. The van der Waals surface area contributed by atoms with Crippen molar-refractivity contribution < 1.29 is 4.85 Å². The summed E-state index contributed by atoms with van der Waals surface area (Å²) in [6.07, 6.45) is 1.46. The monoisotopic (exact) mass is 189 g/mol. The molecule has 0 N–H and O–H groups in total. The Bertz CT molecular complexity index is 422. The van der Waals surface area contributed by atoms with E-state index in [1.165, 1.54) is 11.0 Å². The minimum absolute atomic E-state index is 0.512. The molecule has 0 aliphatic heterocycles. The van der Waals surface area contributed by atoms with Gasteiger partial charge in [0, 0.05) is 12.0 Å². The number of nitrogens with zero attached hydrogens (tertiary/aromatic N) is 3. The van der Waals surface area contributed by atoms with Crippen molar-refractivity contribution >= 4 is 0 Å². The highest BCUT2D eigenvalue weighted by Crippen LogP contribution is 1.99. The lowest BCUT2D eigenvalue weighted by Crippen LogP contribution is -2.37. The number of rotatable bonds is 2. The van der Waals surface area contributed by atoms with Crippen molar-refractivity contribution in [2.75, 3.05) is 0 Å². The number of aryl methyl sites for hydroxylation is 1. The zero-order valence-corrected chi connectivity index (χ0v) is 7.92.